The number of rotatable bonds is 5. The molecule has 0 aliphatic carbocycles. The summed E-state index contributed by atoms with van der Waals surface area (Å²) in [6.07, 6.45) is 2.70. The lowest BCUT2D eigenvalue weighted by Crippen LogP contribution is -2.16. The highest BCUT2D eigenvalue weighted by atomic mass is 32.1. The van der Waals surface area contributed by atoms with Crippen molar-refractivity contribution in [1.29, 1.82) is 0 Å². The number of thiazole rings is 1. The monoisotopic (exact) mass is 264 g/mol. The molecule has 18 heavy (non-hydrogen) atoms. The van der Waals surface area contributed by atoms with Gasteiger partial charge in [0.2, 0.25) is 0 Å². The fraction of sp³-hybridized carbons (Fsp3) is 0.357. The Labute approximate surface area is 111 Å². The summed E-state index contributed by atoms with van der Waals surface area (Å²) in [7, 11) is 0. The highest BCUT2D eigenvalue weighted by Gasteiger charge is 2.09. The fourth-order valence-corrected chi connectivity index (χ4v) is 2.77. The van der Waals surface area contributed by atoms with Crippen molar-refractivity contribution >= 4 is 11.3 Å². The van der Waals surface area contributed by atoms with Gasteiger partial charge in [-0.25, -0.2) is 9.37 Å². The summed E-state index contributed by atoms with van der Waals surface area (Å²) in [6.45, 7) is 5.18. The summed E-state index contributed by atoms with van der Waals surface area (Å²) in [5, 5.41) is 4.44. The van der Waals surface area contributed by atoms with Crippen molar-refractivity contribution < 1.29 is 4.39 Å². The quantitative estimate of drug-likeness (QED) is 0.893. The van der Waals surface area contributed by atoms with E-state index >= 15 is 0 Å². The van der Waals surface area contributed by atoms with E-state index < -0.39 is 0 Å². The van der Waals surface area contributed by atoms with Crippen molar-refractivity contribution in [1.82, 2.24) is 10.3 Å². The average molecular weight is 264 g/mol. The molecule has 1 unspecified atom stereocenters. The first-order valence-corrected chi connectivity index (χ1v) is 6.93. The third-order valence-corrected chi connectivity index (χ3v) is 3.96. The third-order valence-electron chi connectivity index (χ3n) is 2.78. The normalized spacial score (nSPS) is 12.6. The molecule has 4 heteroatoms. The minimum absolute atomic E-state index is 0.195. The first-order chi connectivity index (χ1) is 8.69. The molecule has 96 valence electrons. The topological polar surface area (TPSA) is 24.9 Å². The molecule has 0 saturated carbocycles. The number of halogens is 1. The van der Waals surface area contributed by atoms with Gasteiger partial charge in [0, 0.05) is 23.5 Å². The molecule has 2 rings (SSSR count). The van der Waals surface area contributed by atoms with E-state index in [9.17, 15) is 4.39 Å². The van der Waals surface area contributed by atoms with Crippen LogP contribution < -0.4 is 5.32 Å². The molecule has 2 nitrogen and oxygen atoms in total. The molecular weight excluding hydrogens is 247 g/mol. The van der Waals surface area contributed by atoms with Gasteiger partial charge < -0.3 is 5.32 Å². The number of hydrogen-bond donors (Lipinski definition) is 1. The van der Waals surface area contributed by atoms with E-state index in [1.807, 2.05) is 18.3 Å². The molecule has 1 heterocycles. The Bertz CT molecular complexity index is 493. The maximum Gasteiger partial charge on any atom is 0.123 e. The zero-order valence-electron chi connectivity index (χ0n) is 10.6. The second-order valence-electron chi connectivity index (χ2n) is 4.24. The van der Waals surface area contributed by atoms with Gasteiger partial charge in [0.05, 0.1) is 5.01 Å². The van der Waals surface area contributed by atoms with Crippen LogP contribution in [-0.4, -0.2) is 11.5 Å². The molecular formula is C14H17FN2S. The molecule has 0 amide bonds. The minimum atomic E-state index is -0.195. The van der Waals surface area contributed by atoms with E-state index in [1.54, 1.807) is 11.3 Å². The molecule has 1 N–H and O–H groups in total. The van der Waals surface area contributed by atoms with Gasteiger partial charge in [0.25, 0.3) is 0 Å². The van der Waals surface area contributed by atoms with E-state index in [0.717, 1.165) is 23.5 Å². The number of aromatic nitrogens is 1. The van der Waals surface area contributed by atoms with E-state index in [1.165, 1.54) is 17.0 Å². The first kappa shape index (κ1) is 13.2. The van der Waals surface area contributed by atoms with E-state index in [-0.39, 0.29) is 5.82 Å². The maximum atomic E-state index is 12.8. The van der Waals surface area contributed by atoms with Crippen molar-refractivity contribution in [3.63, 3.8) is 0 Å². The van der Waals surface area contributed by atoms with Gasteiger partial charge in [-0.2, -0.15) is 0 Å². The fourth-order valence-electron chi connectivity index (χ4n) is 1.79. The van der Waals surface area contributed by atoms with E-state index in [0.29, 0.717) is 6.04 Å². The smallest absolute Gasteiger partial charge is 0.123 e. The zero-order chi connectivity index (χ0) is 13.0. The second kappa shape index (κ2) is 6.07. The van der Waals surface area contributed by atoms with Gasteiger partial charge in [-0.05, 0) is 31.2 Å². The Kier molecular flexibility index (Phi) is 4.44. The third kappa shape index (κ3) is 3.37. The molecule has 0 aliphatic rings. The van der Waals surface area contributed by atoms with Crippen LogP contribution in [0.25, 0.3) is 0 Å². The Morgan fingerprint density at radius 3 is 2.72 bits per heavy atom. The SMILES string of the molecule is CCNC(C)c1cnc(Cc2ccc(F)cc2)s1. The molecule has 0 radical (unpaired) electrons. The lowest BCUT2D eigenvalue weighted by atomic mass is 10.2. The summed E-state index contributed by atoms with van der Waals surface area (Å²) in [5.74, 6) is -0.195. The van der Waals surface area contributed by atoms with Crippen molar-refractivity contribution in [3.05, 3.63) is 51.7 Å². The molecule has 1 atom stereocenters. The van der Waals surface area contributed by atoms with Crippen LogP contribution >= 0.6 is 11.3 Å². The van der Waals surface area contributed by atoms with E-state index in [4.69, 9.17) is 0 Å². The van der Waals surface area contributed by atoms with Gasteiger partial charge in [-0.15, -0.1) is 11.3 Å². The average Bonchev–Trinajstić information content (AvgIpc) is 2.81. The maximum absolute atomic E-state index is 12.8. The molecule has 1 aromatic heterocycles. The molecule has 0 fully saturated rings. The van der Waals surface area contributed by atoms with Crippen molar-refractivity contribution in [2.75, 3.05) is 6.54 Å². The number of nitrogens with zero attached hydrogens (tertiary/aromatic N) is 1. The highest BCUT2D eigenvalue weighted by molar-refractivity contribution is 7.11. The Morgan fingerprint density at radius 2 is 2.06 bits per heavy atom. The van der Waals surface area contributed by atoms with Crippen molar-refractivity contribution in [2.24, 2.45) is 0 Å². The summed E-state index contributed by atoms with van der Waals surface area (Å²) >= 11 is 1.71. The van der Waals surface area contributed by atoms with Crippen LogP contribution in [-0.2, 0) is 6.42 Å². The van der Waals surface area contributed by atoms with Gasteiger partial charge >= 0.3 is 0 Å². The van der Waals surface area contributed by atoms with Gasteiger partial charge in [-0.1, -0.05) is 19.1 Å². The highest BCUT2D eigenvalue weighted by Crippen LogP contribution is 2.22. The predicted octanol–water partition coefficient (Wildman–Crippen LogP) is 3.54. The largest absolute Gasteiger partial charge is 0.310 e. The lowest BCUT2D eigenvalue weighted by Gasteiger charge is -2.08. The summed E-state index contributed by atoms with van der Waals surface area (Å²) in [5.41, 5.74) is 1.09. The zero-order valence-corrected chi connectivity index (χ0v) is 11.4. The van der Waals surface area contributed by atoms with Crippen LogP contribution in [0, 0.1) is 5.82 Å². The van der Waals surface area contributed by atoms with Gasteiger partial charge in [-0.3, -0.25) is 0 Å². The second-order valence-corrected chi connectivity index (χ2v) is 5.39. The summed E-state index contributed by atoms with van der Waals surface area (Å²) in [4.78, 5) is 5.67. The summed E-state index contributed by atoms with van der Waals surface area (Å²) < 4.78 is 12.8. The van der Waals surface area contributed by atoms with Crippen LogP contribution in [0.2, 0.25) is 0 Å². The van der Waals surface area contributed by atoms with Gasteiger partial charge in [0.1, 0.15) is 5.82 Å². The van der Waals surface area contributed by atoms with Crippen LogP contribution in [0.4, 0.5) is 4.39 Å². The Morgan fingerprint density at radius 1 is 1.33 bits per heavy atom. The summed E-state index contributed by atoms with van der Waals surface area (Å²) in [6, 6.07) is 6.94. The van der Waals surface area contributed by atoms with Crippen molar-refractivity contribution in [3.8, 4) is 0 Å². The molecule has 2 aromatic rings. The first-order valence-electron chi connectivity index (χ1n) is 6.11. The molecule has 0 spiro atoms. The standard InChI is InChI=1S/C14H17FN2S/c1-3-16-10(2)13-9-17-14(18-13)8-11-4-6-12(15)7-5-11/h4-7,9-10,16H,3,8H2,1-2H3. The Hall–Kier alpha value is -1.26. The van der Waals surface area contributed by atoms with Crippen LogP contribution in [0.3, 0.4) is 0 Å². The van der Waals surface area contributed by atoms with Crippen LogP contribution in [0.15, 0.2) is 30.5 Å². The number of nitrogens with one attached hydrogen (secondary N) is 1. The number of hydrogen-bond acceptors (Lipinski definition) is 3. The predicted molar refractivity (Wildman–Crippen MR) is 73.4 cm³/mol. The minimum Gasteiger partial charge on any atom is -0.310 e. The lowest BCUT2D eigenvalue weighted by molar-refractivity contribution is 0.606. The number of benzene rings is 1. The molecule has 0 aliphatic heterocycles. The van der Waals surface area contributed by atoms with E-state index in [2.05, 4.69) is 24.1 Å². The molecule has 0 saturated heterocycles. The van der Waals surface area contributed by atoms with Crippen LogP contribution in [0.1, 0.15) is 35.3 Å². The Balaban J connectivity index is 2.04. The molecule has 1 aromatic carbocycles. The van der Waals surface area contributed by atoms with Crippen LogP contribution in [0.5, 0.6) is 0 Å². The van der Waals surface area contributed by atoms with Gasteiger partial charge in [0.15, 0.2) is 0 Å². The van der Waals surface area contributed by atoms with Crippen molar-refractivity contribution in [2.45, 2.75) is 26.3 Å². The molecule has 0 bridgehead atoms.